The second kappa shape index (κ2) is 4.85. The van der Waals surface area contributed by atoms with Gasteiger partial charge in [-0.15, -0.1) is 11.3 Å². The maximum absolute atomic E-state index is 4.11. The van der Waals surface area contributed by atoms with Gasteiger partial charge in [0.2, 0.25) is 0 Å². The third-order valence-electron chi connectivity index (χ3n) is 2.96. The molecule has 2 atom stereocenters. The fourth-order valence-electron chi connectivity index (χ4n) is 1.89. The Morgan fingerprint density at radius 3 is 3.13 bits per heavy atom. The van der Waals surface area contributed by atoms with E-state index in [1.165, 1.54) is 23.5 Å². The van der Waals surface area contributed by atoms with Crippen LogP contribution in [0.3, 0.4) is 0 Å². The molecule has 1 N–H and O–H groups in total. The number of thioether (sulfide) groups is 1. The summed E-state index contributed by atoms with van der Waals surface area (Å²) in [4.78, 5) is 5.45. The summed E-state index contributed by atoms with van der Waals surface area (Å²) >= 11 is 3.84. The molecular weight excluding hydrogens is 224 g/mol. The molecule has 1 saturated heterocycles. The van der Waals surface area contributed by atoms with Gasteiger partial charge < -0.3 is 5.32 Å². The lowest BCUT2D eigenvalue weighted by molar-refractivity contribution is 0.494. The van der Waals surface area contributed by atoms with E-state index < -0.39 is 0 Å². The maximum atomic E-state index is 4.11. The zero-order valence-electron chi connectivity index (χ0n) is 9.32. The van der Waals surface area contributed by atoms with E-state index in [4.69, 9.17) is 0 Å². The Kier molecular flexibility index (Phi) is 3.69. The highest BCUT2D eigenvalue weighted by molar-refractivity contribution is 8.00. The molecule has 0 radical (unpaired) electrons. The third-order valence-corrected chi connectivity index (χ3v) is 5.46. The van der Waals surface area contributed by atoms with Gasteiger partial charge in [-0.3, -0.25) is 4.98 Å². The van der Waals surface area contributed by atoms with E-state index in [1.807, 2.05) is 11.7 Å². The molecule has 1 aromatic rings. The van der Waals surface area contributed by atoms with Gasteiger partial charge in [0.15, 0.2) is 0 Å². The summed E-state index contributed by atoms with van der Waals surface area (Å²) in [7, 11) is 0. The summed E-state index contributed by atoms with van der Waals surface area (Å²) in [6.07, 6.45) is 4.68. The molecule has 2 unspecified atom stereocenters. The molecule has 4 heteroatoms. The Bertz CT molecular complexity index is 292. The van der Waals surface area contributed by atoms with E-state index in [0.717, 1.165) is 6.54 Å². The Labute approximate surface area is 99.9 Å². The van der Waals surface area contributed by atoms with Gasteiger partial charge in [-0.25, -0.2) is 0 Å². The van der Waals surface area contributed by atoms with Crippen molar-refractivity contribution in [2.24, 2.45) is 0 Å². The van der Waals surface area contributed by atoms with Crippen molar-refractivity contribution in [2.75, 3.05) is 12.3 Å². The summed E-state index contributed by atoms with van der Waals surface area (Å²) in [6.45, 7) is 5.70. The van der Waals surface area contributed by atoms with Crippen molar-refractivity contribution in [3.63, 3.8) is 0 Å². The topological polar surface area (TPSA) is 24.9 Å². The van der Waals surface area contributed by atoms with Gasteiger partial charge >= 0.3 is 0 Å². The van der Waals surface area contributed by atoms with E-state index in [-0.39, 0.29) is 0 Å². The minimum atomic E-state index is 0.440. The lowest BCUT2D eigenvalue weighted by atomic mass is 10.1. The summed E-state index contributed by atoms with van der Waals surface area (Å²) in [6, 6.07) is 0.440. The largest absolute Gasteiger partial charge is 0.308 e. The standard InChI is InChI=1S/C11H18N2S2/c1-9(10-6-12-8-14-10)13-7-11(2)4-3-5-15-11/h6,8-9,13H,3-5,7H2,1-2H3. The van der Waals surface area contributed by atoms with Crippen LogP contribution in [0.4, 0.5) is 0 Å². The average molecular weight is 242 g/mol. The molecule has 0 aliphatic carbocycles. The van der Waals surface area contributed by atoms with Crippen LogP contribution in [0.25, 0.3) is 0 Å². The van der Waals surface area contributed by atoms with Crippen LogP contribution in [-0.4, -0.2) is 22.0 Å². The van der Waals surface area contributed by atoms with Crippen LogP contribution in [0.5, 0.6) is 0 Å². The van der Waals surface area contributed by atoms with Crippen molar-refractivity contribution in [1.29, 1.82) is 0 Å². The molecule has 1 aliphatic heterocycles. The number of rotatable bonds is 4. The quantitative estimate of drug-likeness (QED) is 0.878. The van der Waals surface area contributed by atoms with Crippen molar-refractivity contribution in [2.45, 2.75) is 37.5 Å². The zero-order valence-corrected chi connectivity index (χ0v) is 11.0. The lowest BCUT2D eigenvalue weighted by Crippen LogP contribution is -2.34. The molecule has 0 amide bonds. The Hall–Kier alpha value is -0.0600. The number of hydrogen-bond donors (Lipinski definition) is 1. The first-order chi connectivity index (χ1) is 7.20. The van der Waals surface area contributed by atoms with Crippen LogP contribution in [0.2, 0.25) is 0 Å². The Balaban J connectivity index is 1.83. The van der Waals surface area contributed by atoms with Crippen molar-refractivity contribution in [3.05, 3.63) is 16.6 Å². The number of nitrogens with one attached hydrogen (secondary N) is 1. The van der Waals surface area contributed by atoms with E-state index in [1.54, 1.807) is 11.3 Å². The van der Waals surface area contributed by atoms with Crippen LogP contribution in [0.15, 0.2) is 11.7 Å². The van der Waals surface area contributed by atoms with Crippen molar-refractivity contribution < 1.29 is 0 Å². The SMILES string of the molecule is CC(NCC1(C)CCCS1)c1cncs1. The van der Waals surface area contributed by atoms with E-state index in [0.29, 0.717) is 10.8 Å². The molecule has 1 aliphatic rings. The second-order valence-electron chi connectivity index (χ2n) is 4.41. The molecule has 1 fully saturated rings. The average Bonchev–Trinajstić information content (AvgIpc) is 2.85. The monoisotopic (exact) mass is 242 g/mol. The highest BCUT2D eigenvalue weighted by atomic mass is 32.2. The number of aromatic nitrogens is 1. The fraction of sp³-hybridized carbons (Fsp3) is 0.727. The van der Waals surface area contributed by atoms with E-state index in [9.17, 15) is 0 Å². The normalized spacial score (nSPS) is 28.1. The maximum Gasteiger partial charge on any atom is 0.0794 e. The van der Waals surface area contributed by atoms with Crippen LogP contribution >= 0.6 is 23.1 Å². The summed E-state index contributed by atoms with van der Waals surface area (Å²) < 4.78 is 0.457. The van der Waals surface area contributed by atoms with Gasteiger partial charge in [0.25, 0.3) is 0 Å². The van der Waals surface area contributed by atoms with Gasteiger partial charge in [0.1, 0.15) is 0 Å². The predicted molar refractivity (Wildman–Crippen MR) is 68.6 cm³/mol. The number of hydrogen-bond acceptors (Lipinski definition) is 4. The highest BCUT2D eigenvalue weighted by Crippen LogP contribution is 2.37. The number of nitrogens with zero attached hydrogens (tertiary/aromatic N) is 1. The highest BCUT2D eigenvalue weighted by Gasteiger charge is 2.29. The van der Waals surface area contributed by atoms with Crippen LogP contribution < -0.4 is 5.32 Å². The van der Waals surface area contributed by atoms with Gasteiger partial charge in [-0.2, -0.15) is 11.8 Å². The zero-order chi connectivity index (χ0) is 10.7. The summed E-state index contributed by atoms with van der Waals surface area (Å²) in [5.41, 5.74) is 1.90. The molecule has 2 rings (SSSR count). The molecule has 2 heterocycles. The number of thiazole rings is 1. The second-order valence-corrected chi connectivity index (χ2v) is 7.01. The predicted octanol–water partition coefficient (Wildman–Crippen LogP) is 3.08. The van der Waals surface area contributed by atoms with Crippen molar-refractivity contribution in [1.82, 2.24) is 10.3 Å². The fourth-order valence-corrected chi connectivity index (χ4v) is 3.79. The van der Waals surface area contributed by atoms with Gasteiger partial charge in [-0.1, -0.05) is 0 Å². The third kappa shape index (κ3) is 2.95. The van der Waals surface area contributed by atoms with Crippen molar-refractivity contribution in [3.8, 4) is 0 Å². The molecule has 0 spiro atoms. The first-order valence-electron chi connectivity index (χ1n) is 5.45. The molecular formula is C11H18N2S2. The molecule has 0 saturated carbocycles. The minimum Gasteiger partial charge on any atom is -0.308 e. The van der Waals surface area contributed by atoms with Gasteiger partial charge in [0.05, 0.1) is 5.51 Å². The van der Waals surface area contributed by atoms with Crippen LogP contribution in [0, 0.1) is 0 Å². The summed E-state index contributed by atoms with van der Waals surface area (Å²) in [5.74, 6) is 1.33. The van der Waals surface area contributed by atoms with E-state index in [2.05, 4.69) is 35.9 Å². The molecule has 15 heavy (non-hydrogen) atoms. The summed E-state index contributed by atoms with van der Waals surface area (Å²) in [5, 5.41) is 3.62. The van der Waals surface area contributed by atoms with Gasteiger partial charge in [0, 0.05) is 28.4 Å². The lowest BCUT2D eigenvalue weighted by Gasteiger charge is -2.25. The minimum absolute atomic E-state index is 0.440. The smallest absolute Gasteiger partial charge is 0.0794 e. The van der Waals surface area contributed by atoms with E-state index >= 15 is 0 Å². The molecule has 84 valence electrons. The molecule has 0 bridgehead atoms. The molecule has 2 nitrogen and oxygen atoms in total. The molecule has 0 aromatic carbocycles. The Morgan fingerprint density at radius 1 is 1.67 bits per heavy atom. The van der Waals surface area contributed by atoms with Crippen LogP contribution in [0.1, 0.15) is 37.6 Å². The molecule has 1 aromatic heterocycles. The van der Waals surface area contributed by atoms with Gasteiger partial charge in [-0.05, 0) is 32.4 Å². The van der Waals surface area contributed by atoms with Crippen molar-refractivity contribution >= 4 is 23.1 Å². The Morgan fingerprint density at radius 2 is 2.53 bits per heavy atom. The first-order valence-corrected chi connectivity index (χ1v) is 7.32. The first kappa shape index (κ1) is 11.4. The van der Waals surface area contributed by atoms with Crippen LogP contribution in [-0.2, 0) is 0 Å².